The molecule has 3 nitrogen and oxygen atoms in total. The molecule has 0 saturated carbocycles. The number of carbonyl (C=O) groups is 1. The highest BCUT2D eigenvalue weighted by atomic mass is 19.2. The van der Waals surface area contributed by atoms with Gasteiger partial charge in [0.05, 0.1) is 0 Å². The van der Waals surface area contributed by atoms with Crippen molar-refractivity contribution < 1.29 is 13.6 Å². The number of hydrogen-bond donors (Lipinski definition) is 1. The van der Waals surface area contributed by atoms with E-state index in [0.29, 0.717) is 18.5 Å². The monoisotopic (exact) mass is 406 g/mol. The third kappa shape index (κ3) is 3.80. The first-order valence-electron chi connectivity index (χ1n) is 10.00. The zero-order valence-corrected chi connectivity index (χ0v) is 17.3. The van der Waals surface area contributed by atoms with E-state index in [9.17, 15) is 13.6 Å². The molecule has 4 rings (SSSR count). The minimum atomic E-state index is -0.989. The second-order valence-electron chi connectivity index (χ2n) is 8.60. The normalized spacial score (nSPS) is 13.9. The third-order valence-corrected chi connectivity index (χ3v) is 5.48. The number of carbonyl (C=O) groups excluding carboxylic acids is 1. The molecule has 0 fully saturated rings. The van der Waals surface area contributed by atoms with Gasteiger partial charge in [0.25, 0.3) is 5.91 Å². The third-order valence-electron chi connectivity index (χ3n) is 5.48. The number of hydrogen-bond acceptors (Lipinski definition) is 1. The predicted octanol–water partition coefficient (Wildman–Crippen LogP) is 5.91. The van der Waals surface area contributed by atoms with Crippen LogP contribution in [-0.2, 0) is 16.8 Å². The van der Waals surface area contributed by atoms with Crippen molar-refractivity contribution in [1.29, 1.82) is 0 Å². The smallest absolute Gasteiger partial charge is 0.252 e. The number of fused-ring (bicyclic) bond motifs is 1. The van der Waals surface area contributed by atoms with E-state index in [-0.39, 0.29) is 17.0 Å². The van der Waals surface area contributed by atoms with Crippen molar-refractivity contribution in [2.75, 3.05) is 5.32 Å². The highest BCUT2D eigenvalue weighted by Gasteiger charge is 2.25. The fourth-order valence-electron chi connectivity index (χ4n) is 3.81. The van der Waals surface area contributed by atoms with Gasteiger partial charge in [-0.3, -0.25) is 4.79 Å². The van der Waals surface area contributed by atoms with Gasteiger partial charge in [-0.25, -0.2) is 8.78 Å². The molecule has 0 bridgehead atoms. The summed E-state index contributed by atoms with van der Waals surface area (Å²) in [6.07, 6.45) is 2.55. The van der Waals surface area contributed by atoms with Crippen LogP contribution in [0.15, 0.2) is 66.4 Å². The van der Waals surface area contributed by atoms with Crippen molar-refractivity contribution >= 4 is 17.2 Å². The van der Waals surface area contributed by atoms with Gasteiger partial charge in [-0.2, -0.15) is 0 Å². The standard InChI is InChI=1S/C25H24F2N2O/c1-25(2,3)17-8-6-16(7-9-17)23-19(12-14-29-13-4-5-22(23)29)24(30)28-18-10-11-20(26)21(27)15-18/h4-11,13,15H,12,14H2,1-3H3,(H,28,30). The number of amides is 1. The average molecular weight is 406 g/mol. The van der Waals surface area contributed by atoms with Crippen LogP contribution in [-0.4, -0.2) is 10.5 Å². The lowest BCUT2D eigenvalue weighted by molar-refractivity contribution is -0.113. The summed E-state index contributed by atoms with van der Waals surface area (Å²) in [5, 5.41) is 2.73. The Labute approximate surface area is 175 Å². The predicted molar refractivity (Wildman–Crippen MR) is 115 cm³/mol. The Hall–Kier alpha value is -3.21. The molecule has 2 aromatic carbocycles. The molecule has 0 radical (unpaired) electrons. The molecule has 2 heterocycles. The topological polar surface area (TPSA) is 34.0 Å². The van der Waals surface area contributed by atoms with Gasteiger partial charge in [0, 0.05) is 41.3 Å². The molecule has 0 spiro atoms. The number of nitrogens with zero attached hydrogens (tertiary/aromatic N) is 1. The van der Waals surface area contributed by atoms with Crippen LogP contribution in [0.2, 0.25) is 0 Å². The summed E-state index contributed by atoms with van der Waals surface area (Å²) in [5.41, 5.74) is 4.91. The molecule has 0 saturated heterocycles. The van der Waals surface area contributed by atoms with Crippen LogP contribution < -0.4 is 5.32 Å². The van der Waals surface area contributed by atoms with Crippen molar-refractivity contribution in [2.45, 2.75) is 39.2 Å². The Morgan fingerprint density at radius 1 is 1.00 bits per heavy atom. The Bertz CT molecular complexity index is 1130. The maximum absolute atomic E-state index is 13.6. The summed E-state index contributed by atoms with van der Waals surface area (Å²) in [5.74, 6) is -2.23. The Morgan fingerprint density at radius 2 is 1.73 bits per heavy atom. The largest absolute Gasteiger partial charge is 0.347 e. The average Bonchev–Trinajstić information content (AvgIpc) is 3.18. The van der Waals surface area contributed by atoms with Crippen molar-refractivity contribution in [3.8, 4) is 0 Å². The van der Waals surface area contributed by atoms with E-state index >= 15 is 0 Å². The SMILES string of the molecule is CC(C)(C)c1ccc(C2=C(C(=O)Nc3ccc(F)c(F)c3)CCn3cccc32)cc1. The summed E-state index contributed by atoms with van der Waals surface area (Å²) in [6, 6.07) is 15.6. The lowest BCUT2D eigenvalue weighted by Crippen LogP contribution is -2.22. The van der Waals surface area contributed by atoms with Crippen molar-refractivity contribution in [3.05, 3.63) is 94.8 Å². The summed E-state index contributed by atoms with van der Waals surface area (Å²) in [4.78, 5) is 13.1. The van der Waals surface area contributed by atoms with E-state index in [1.165, 1.54) is 11.6 Å². The van der Waals surface area contributed by atoms with Crippen molar-refractivity contribution in [1.82, 2.24) is 4.57 Å². The van der Waals surface area contributed by atoms with Gasteiger partial charge in [0.15, 0.2) is 11.6 Å². The van der Waals surface area contributed by atoms with Gasteiger partial charge < -0.3 is 9.88 Å². The summed E-state index contributed by atoms with van der Waals surface area (Å²) in [7, 11) is 0. The zero-order chi connectivity index (χ0) is 21.5. The molecule has 1 amide bonds. The molecule has 154 valence electrons. The zero-order valence-electron chi connectivity index (χ0n) is 17.3. The summed E-state index contributed by atoms with van der Waals surface area (Å²) in [6.45, 7) is 7.17. The molecule has 1 N–H and O–H groups in total. The molecular formula is C25H24F2N2O. The maximum atomic E-state index is 13.6. The molecule has 3 aromatic rings. The molecule has 30 heavy (non-hydrogen) atoms. The van der Waals surface area contributed by atoms with Crippen molar-refractivity contribution in [2.24, 2.45) is 0 Å². The molecule has 5 heteroatoms. The van der Waals surface area contributed by atoms with Gasteiger partial charge in [-0.15, -0.1) is 0 Å². The number of benzene rings is 2. The highest BCUT2D eigenvalue weighted by Crippen LogP contribution is 2.35. The second kappa shape index (κ2) is 7.56. The van der Waals surface area contributed by atoms with Gasteiger partial charge in [0.1, 0.15) is 0 Å². The van der Waals surface area contributed by atoms with Gasteiger partial charge in [0.2, 0.25) is 0 Å². The van der Waals surface area contributed by atoms with Crippen LogP contribution >= 0.6 is 0 Å². The fraction of sp³-hybridized carbons (Fsp3) is 0.240. The molecule has 1 aliphatic heterocycles. The molecule has 0 unspecified atom stereocenters. The fourth-order valence-corrected chi connectivity index (χ4v) is 3.81. The molecule has 1 aromatic heterocycles. The van der Waals surface area contributed by atoms with E-state index in [4.69, 9.17) is 0 Å². The van der Waals surface area contributed by atoms with E-state index in [2.05, 4.69) is 42.8 Å². The van der Waals surface area contributed by atoms with E-state index in [0.717, 1.165) is 29.0 Å². The first-order valence-corrected chi connectivity index (χ1v) is 10.00. The second-order valence-corrected chi connectivity index (χ2v) is 8.60. The number of halogens is 2. The number of anilines is 1. The van der Waals surface area contributed by atoms with Gasteiger partial charge in [-0.1, -0.05) is 45.0 Å². The Kier molecular flexibility index (Phi) is 5.06. The maximum Gasteiger partial charge on any atom is 0.252 e. The lowest BCUT2D eigenvalue weighted by Gasteiger charge is -2.24. The molecule has 0 aliphatic carbocycles. The van der Waals surface area contributed by atoms with Crippen LogP contribution in [0.5, 0.6) is 0 Å². The number of aromatic nitrogens is 1. The Morgan fingerprint density at radius 3 is 2.40 bits per heavy atom. The molecule has 0 atom stereocenters. The Balaban J connectivity index is 1.75. The summed E-state index contributed by atoms with van der Waals surface area (Å²) < 4.78 is 28.9. The first kappa shape index (κ1) is 20.1. The van der Waals surface area contributed by atoms with Gasteiger partial charge >= 0.3 is 0 Å². The number of aryl methyl sites for hydroxylation is 1. The quantitative estimate of drug-likeness (QED) is 0.577. The van der Waals surface area contributed by atoms with Crippen molar-refractivity contribution in [3.63, 3.8) is 0 Å². The minimum Gasteiger partial charge on any atom is -0.347 e. The number of nitrogens with one attached hydrogen (secondary N) is 1. The first-order chi connectivity index (χ1) is 14.2. The van der Waals surface area contributed by atoms with Crippen LogP contribution in [0.3, 0.4) is 0 Å². The van der Waals surface area contributed by atoms with Crippen LogP contribution in [0.25, 0.3) is 5.57 Å². The summed E-state index contributed by atoms with van der Waals surface area (Å²) >= 11 is 0. The van der Waals surface area contributed by atoms with Gasteiger partial charge in [-0.05, 0) is 47.2 Å². The van der Waals surface area contributed by atoms with Crippen LogP contribution in [0, 0.1) is 11.6 Å². The van der Waals surface area contributed by atoms with E-state index in [1.807, 2.05) is 30.5 Å². The molecule has 1 aliphatic rings. The van der Waals surface area contributed by atoms with E-state index in [1.54, 1.807) is 0 Å². The van der Waals surface area contributed by atoms with Crippen LogP contribution in [0.4, 0.5) is 14.5 Å². The highest BCUT2D eigenvalue weighted by molar-refractivity contribution is 6.11. The molecular weight excluding hydrogens is 382 g/mol. The van der Waals surface area contributed by atoms with Crippen LogP contribution in [0.1, 0.15) is 44.0 Å². The van der Waals surface area contributed by atoms with E-state index < -0.39 is 11.6 Å². The lowest BCUT2D eigenvalue weighted by atomic mass is 9.85. The minimum absolute atomic E-state index is 0.0343. The number of rotatable bonds is 3.